The van der Waals surface area contributed by atoms with Crippen LogP contribution in [0, 0.1) is 11.8 Å². The first kappa shape index (κ1) is 18.3. The summed E-state index contributed by atoms with van der Waals surface area (Å²) in [5.41, 5.74) is 1.42. The van der Waals surface area contributed by atoms with Gasteiger partial charge in [0.25, 0.3) is 0 Å². The highest BCUT2D eigenvalue weighted by Gasteiger charge is 2.40. The first-order chi connectivity index (χ1) is 12.8. The molecule has 4 unspecified atom stereocenters. The fraction of sp³-hybridized carbons (Fsp3) is 0.667. The standard InChI is InChI=1S/C21H30N2O2S/c24-21-18-7-6-16(12-15-4-2-1-3-5-15)13-19(18)22-20(23-21)14-26-17-8-10-25-11-9-17/h1-5,16-20,22H,6-14H2,(H,23,24). The van der Waals surface area contributed by atoms with Gasteiger partial charge in [0.1, 0.15) is 0 Å². The van der Waals surface area contributed by atoms with E-state index >= 15 is 0 Å². The number of thioether (sulfide) groups is 1. The Morgan fingerprint density at radius 2 is 1.88 bits per heavy atom. The van der Waals surface area contributed by atoms with E-state index in [0.29, 0.717) is 17.2 Å². The molecule has 1 aromatic carbocycles. The number of rotatable bonds is 5. The van der Waals surface area contributed by atoms with E-state index in [-0.39, 0.29) is 18.0 Å². The fourth-order valence-electron chi connectivity index (χ4n) is 4.63. The summed E-state index contributed by atoms with van der Waals surface area (Å²) >= 11 is 1.99. The van der Waals surface area contributed by atoms with Crippen LogP contribution in [0.1, 0.15) is 37.7 Å². The largest absolute Gasteiger partial charge is 0.381 e. The smallest absolute Gasteiger partial charge is 0.225 e. The van der Waals surface area contributed by atoms with E-state index in [9.17, 15) is 4.79 Å². The van der Waals surface area contributed by atoms with Gasteiger partial charge in [-0.05, 0) is 50.0 Å². The molecule has 2 saturated heterocycles. The molecule has 1 aliphatic carbocycles. The number of carbonyl (C=O) groups excluding carboxylic acids is 1. The van der Waals surface area contributed by atoms with Crippen molar-refractivity contribution in [1.29, 1.82) is 0 Å². The van der Waals surface area contributed by atoms with E-state index < -0.39 is 0 Å². The molecule has 2 N–H and O–H groups in total. The molecule has 2 aliphatic heterocycles. The maximum atomic E-state index is 12.6. The second-order valence-corrected chi connectivity index (χ2v) is 9.29. The number of benzene rings is 1. The Morgan fingerprint density at radius 1 is 1.08 bits per heavy atom. The van der Waals surface area contributed by atoms with Crippen LogP contribution in [0.5, 0.6) is 0 Å². The van der Waals surface area contributed by atoms with Gasteiger partial charge in [-0.1, -0.05) is 30.3 Å². The quantitative estimate of drug-likeness (QED) is 0.832. The van der Waals surface area contributed by atoms with E-state index in [1.807, 2.05) is 11.8 Å². The Labute approximate surface area is 160 Å². The van der Waals surface area contributed by atoms with Gasteiger partial charge in [-0.25, -0.2) is 0 Å². The molecule has 2 heterocycles. The van der Waals surface area contributed by atoms with Gasteiger partial charge >= 0.3 is 0 Å². The van der Waals surface area contributed by atoms with Gasteiger partial charge in [0.2, 0.25) is 5.91 Å². The number of nitrogens with one attached hydrogen (secondary N) is 2. The zero-order valence-corrected chi connectivity index (χ0v) is 16.2. The van der Waals surface area contributed by atoms with Crippen molar-refractivity contribution < 1.29 is 9.53 Å². The van der Waals surface area contributed by atoms with Gasteiger partial charge < -0.3 is 10.1 Å². The highest BCUT2D eigenvalue weighted by Crippen LogP contribution is 2.34. The third kappa shape index (κ3) is 4.62. The first-order valence-corrected chi connectivity index (χ1v) is 11.1. The summed E-state index contributed by atoms with van der Waals surface area (Å²) in [5.74, 6) is 2.07. The molecule has 1 aromatic rings. The van der Waals surface area contributed by atoms with Crippen LogP contribution < -0.4 is 10.6 Å². The molecule has 3 aliphatic rings. The third-order valence-corrected chi connectivity index (χ3v) is 7.53. The van der Waals surface area contributed by atoms with Crippen molar-refractivity contribution in [3.63, 3.8) is 0 Å². The zero-order chi connectivity index (χ0) is 17.8. The molecule has 26 heavy (non-hydrogen) atoms. The predicted octanol–water partition coefficient (Wildman–Crippen LogP) is 2.97. The minimum Gasteiger partial charge on any atom is -0.381 e. The Morgan fingerprint density at radius 3 is 2.69 bits per heavy atom. The molecular weight excluding hydrogens is 344 g/mol. The van der Waals surface area contributed by atoms with E-state index in [1.165, 1.54) is 5.56 Å². The van der Waals surface area contributed by atoms with Gasteiger partial charge in [-0.2, -0.15) is 11.8 Å². The van der Waals surface area contributed by atoms with Crippen molar-refractivity contribution in [3.05, 3.63) is 35.9 Å². The van der Waals surface area contributed by atoms with Crippen molar-refractivity contribution in [3.8, 4) is 0 Å². The van der Waals surface area contributed by atoms with Gasteiger partial charge in [-0.15, -0.1) is 0 Å². The molecule has 4 rings (SSSR count). The summed E-state index contributed by atoms with van der Waals surface area (Å²) in [4.78, 5) is 12.6. The average Bonchev–Trinajstić information content (AvgIpc) is 2.68. The molecule has 5 heteroatoms. The topological polar surface area (TPSA) is 50.4 Å². The van der Waals surface area contributed by atoms with E-state index in [4.69, 9.17) is 4.74 Å². The lowest BCUT2D eigenvalue weighted by Gasteiger charge is -2.43. The molecular formula is C21H30N2O2S. The molecule has 4 atom stereocenters. The summed E-state index contributed by atoms with van der Waals surface area (Å²) in [6.07, 6.45) is 6.81. The number of carbonyl (C=O) groups is 1. The fourth-order valence-corrected chi connectivity index (χ4v) is 5.80. The van der Waals surface area contributed by atoms with Gasteiger partial charge in [0.15, 0.2) is 0 Å². The SMILES string of the molecule is O=C1NC(CSC2CCOCC2)NC2CC(Cc3ccccc3)CCC12. The zero-order valence-electron chi connectivity index (χ0n) is 15.4. The Kier molecular flexibility index (Phi) is 6.18. The van der Waals surface area contributed by atoms with Crippen molar-refractivity contribution in [2.75, 3.05) is 19.0 Å². The van der Waals surface area contributed by atoms with Gasteiger partial charge in [0.05, 0.1) is 12.1 Å². The number of amides is 1. The second-order valence-electron chi connectivity index (χ2n) is 7.95. The highest BCUT2D eigenvalue weighted by molar-refractivity contribution is 7.99. The van der Waals surface area contributed by atoms with Crippen LogP contribution in [0.25, 0.3) is 0 Å². The van der Waals surface area contributed by atoms with Crippen molar-refractivity contribution >= 4 is 17.7 Å². The van der Waals surface area contributed by atoms with Crippen LogP contribution in [-0.4, -0.2) is 42.3 Å². The summed E-state index contributed by atoms with van der Waals surface area (Å²) in [6, 6.07) is 11.1. The van der Waals surface area contributed by atoms with Crippen LogP contribution in [0.3, 0.4) is 0 Å². The van der Waals surface area contributed by atoms with Crippen LogP contribution in [-0.2, 0) is 16.0 Å². The van der Waals surface area contributed by atoms with Crippen molar-refractivity contribution in [2.24, 2.45) is 11.8 Å². The average molecular weight is 375 g/mol. The van der Waals surface area contributed by atoms with E-state index in [0.717, 1.165) is 57.5 Å². The lowest BCUT2D eigenvalue weighted by atomic mass is 9.74. The van der Waals surface area contributed by atoms with E-state index in [2.05, 4.69) is 41.0 Å². The molecule has 0 bridgehead atoms. The maximum absolute atomic E-state index is 12.6. The number of ether oxygens (including phenoxy) is 1. The number of hydrogen-bond donors (Lipinski definition) is 2. The normalized spacial score (nSPS) is 32.7. The molecule has 4 nitrogen and oxygen atoms in total. The van der Waals surface area contributed by atoms with Crippen LogP contribution in [0.2, 0.25) is 0 Å². The molecule has 0 aromatic heterocycles. The summed E-state index contributed by atoms with van der Waals surface area (Å²) in [7, 11) is 0. The minimum atomic E-state index is 0.118. The summed E-state index contributed by atoms with van der Waals surface area (Å²) in [5, 5.41) is 7.65. The minimum absolute atomic E-state index is 0.118. The molecule has 0 spiro atoms. The Bertz CT molecular complexity index is 591. The predicted molar refractivity (Wildman–Crippen MR) is 106 cm³/mol. The highest BCUT2D eigenvalue weighted by atomic mass is 32.2. The maximum Gasteiger partial charge on any atom is 0.225 e. The van der Waals surface area contributed by atoms with Crippen molar-refractivity contribution in [1.82, 2.24) is 10.6 Å². The lowest BCUT2D eigenvalue weighted by molar-refractivity contribution is -0.130. The Balaban J connectivity index is 1.30. The molecule has 1 saturated carbocycles. The van der Waals surface area contributed by atoms with Crippen LogP contribution >= 0.6 is 11.8 Å². The summed E-state index contributed by atoms with van der Waals surface area (Å²) < 4.78 is 5.44. The number of hydrogen-bond acceptors (Lipinski definition) is 4. The monoisotopic (exact) mass is 374 g/mol. The third-order valence-electron chi connectivity index (χ3n) is 6.06. The van der Waals surface area contributed by atoms with E-state index in [1.54, 1.807) is 0 Å². The molecule has 3 fully saturated rings. The molecule has 1 amide bonds. The van der Waals surface area contributed by atoms with Gasteiger partial charge in [0, 0.05) is 30.3 Å². The Hall–Kier alpha value is -1.04. The van der Waals surface area contributed by atoms with Crippen molar-refractivity contribution in [2.45, 2.75) is 56.0 Å². The summed E-state index contributed by atoms with van der Waals surface area (Å²) in [6.45, 7) is 1.77. The number of fused-ring (bicyclic) bond motifs is 1. The lowest BCUT2D eigenvalue weighted by Crippen LogP contribution is -2.63. The second kappa shape index (κ2) is 8.77. The molecule has 0 radical (unpaired) electrons. The molecule has 142 valence electrons. The van der Waals surface area contributed by atoms with Gasteiger partial charge in [-0.3, -0.25) is 10.1 Å². The van der Waals surface area contributed by atoms with Crippen LogP contribution in [0.4, 0.5) is 0 Å². The first-order valence-electron chi connectivity index (χ1n) is 10.1. The van der Waals surface area contributed by atoms with Crippen LogP contribution in [0.15, 0.2) is 30.3 Å².